The van der Waals surface area contributed by atoms with Crippen molar-refractivity contribution in [2.24, 2.45) is 0 Å². The molecule has 150 valence electrons. The van der Waals surface area contributed by atoms with Gasteiger partial charge in [-0.15, -0.1) is 0 Å². The normalized spacial score (nSPS) is 10.6. The van der Waals surface area contributed by atoms with E-state index in [2.05, 4.69) is 17.0 Å². The summed E-state index contributed by atoms with van der Waals surface area (Å²) in [5.74, 6) is 0.725. The Morgan fingerprint density at radius 1 is 1.21 bits per heavy atom. The van der Waals surface area contributed by atoms with E-state index in [1.807, 2.05) is 50.2 Å². The highest BCUT2D eigenvalue weighted by Crippen LogP contribution is 2.23. The van der Waals surface area contributed by atoms with Crippen molar-refractivity contribution in [3.63, 3.8) is 0 Å². The van der Waals surface area contributed by atoms with E-state index in [1.54, 1.807) is 12.1 Å². The zero-order chi connectivity index (χ0) is 20.8. The monoisotopic (exact) mass is 394 g/mol. The molecule has 0 aliphatic rings. The molecule has 0 aliphatic carbocycles. The zero-order valence-corrected chi connectivity index (χ0v) is 16.3. The van der Waals surface area contributed by atoms with Gasteiger partial charge < -0.3 is 14.3 Å². The summed E-state index contributed by atoms with van der Waals surface area (Å²) in [5.41, 5.74) is 6.56. The second kappa shape index (κ2) is 9.07. The lowest BCUT2D eigenvalue weighted by Gasteiger charge is -2.12. The van der Waals surface area contributed by atoms with Crippen LogP contribution in [0, 0.1) is 13.8 Å². The summed E-state index contributed by atoms with van der Waals surface area (Å²) in [7, 11) is 0. The summed E-state index contributed by atoms with van der Waals surface area (Å²) >= 11 is 0. The lowest BCUT2D eigenvalue weighted by atomic mass is 10.1. The number of carboxylic acid groups (broad SMARTS) is 1. The van der Waals surface area contributed by atoms with Crippen LogP contribution in [-0.2, 0) is 16.2 Å². The van der Waals surface area contributed by atoms with Crippen molar-refractivity contribution in [2.75, 3.05) is 6.61 Å². The molecule has 7 heteroatoms. The predicted octanol–water partition coefficient (Wildman–Crippen LogP) is 4.11. The fourth-order valence-corrected chi connectivity index (χ4v) is 2.66. The molecule has 7 nitrogen and oxygen atoms in total. The Kier molecular flexibility index (Phi) is 6.31. The third kappa shape index (κ3) is 5.24. The maximum Gasteiger partial charge on any atom is 0.341 e. The molecule has 0 saturated carbocycles. The number of benzene rings is 2. The Bertz CT molecular complexity index is 1010. The molecule has 0 aliphatic heterocycles. The van der Waals surface area contributed by atoms with Crippen LogP contribution in [0.25, 0.3) is 17.2 Å². The molecule has 0 spiro atoms. The zero-order valence-electron chi connectivity index (χ0n) is 16.3. The summed E-state index contributed by atoms with van der Waals surface area (Å²) in [6.45, 7) is 7.46. The Hall–Kier alpha value is -3.58. The minimum Gasteiger partial charge on any atom is -0.482 e. The number of nitrogens with zero attached hydrogens (tertiary/aromatic N) is 1. The average Bonchev–Trinajstić information content (AvgIpc) is 3.08. The number of rotatable bonds is 9. The highest BCUT2D eigenvalue weighted by molar-refractivity contribution is 5.69. The molecule has 2 N–H and O–H groups in total. The molecule has 2 aromatic carbocycles. The molecule has 1 heterocycles. The Morgan fingerprint density at radius 3 is 2.66 bits per heavy atom. The molecule has 0 unspecified atom stereocenters. The van der Waals surface area contributed by atoms with Crippen molar-refractivity contribution in [1.29, 1.82) is 0 Å². The number of carbonyl (C=O) groups is 1. The molecule has 3 rings (SSSR count). The molecule has 3 aromatic rings. The van der Waals surface area contributed by atoms with E-state index >= 15 is 0 Å². The fourth-order valence-electron chi connectivity index (χ4n) is 2.66. The van der Waals surface area contributed by atoms with Crippen molar-refractivity contribution < 1.29 is 23.9 Å². The van der Waals surface area contributed by atoms with Crippen LogP contribution in [0.2, 0.25) is 0 Å². The van der Waals surface area contributed by atoms with Crippen molar-refractivity contribution in [1.82, 2.24) is 10.5 Å². The van der Waals surface area contributed by atoms with Gasteiger partial charge in [0.15, 0.2) is 6.61 Å². The second-order valence-corrected chi connectivity index (χ2v) is 6.42. The van der Waals surface area contributed by atoms with Gasteiger partial charge in [0, 0.05) is 5.56 Å². The van der Waals surface area contributed by atoms with Crippen molar-refractivity contribution in [3.05, 3.63) is 77.7 Å². The van der Waals surface area contributed by atoms with Crippen LogP contribution in [0.3, 0.4) is 0 Å². The summed E-state index contributed by atoms with van der Waals surface area (Å²) < 4.78 is 10.9. The number of hydrogen-bond donors (Lipinski definition) is 2. The molecule has 0 saturated heterocycles. The standard InChI is InChI=1S/C22H22N2O5/c1-14-11-18(9-10-20(14)27-13-21(25)26)15(2)24-28-12-19-16(3)29-22(23-19)17-7-5-4-6-8-17/h4-11,24H,2,12-13H2,1,3H3,(H,25,26). The summed E-state index contributed by atoms with van der Waals surface area (Å²) in [6.07, 6.45) is 0. The van der Waals surface area contributed by atoms with Gasteiger partial charge in [-0.25, -0.2) is 9.78 Å². The molecule has 0 fully saturated rings. The summed E-state index contributed by atoms with van der Waals surface area (Å²) in [5, 5.41) is 8.71. The maximum atomic E-state index is 10.6. The topological polar surface area (TPSA) is 93.8 Å². The average molecular weight is 394 g/mol. The lowest BCUT2D eigenvalue weighted by Crippen LogP contribution is -2.13. The number of oxazole rings is 1. The number of hydroxylamine groups is 1. The van der Waals surface area contributed by atoms with Crippen LogP contribution in [0.5, 0.6) is 5.75 Å². The fraction of sp³-hybridized carbons (Fsp3) is 0.182. The Morgan fingerprint density at radius 2 is 1.97 bits per heavy atom. The van der Waals surface area contributed by atoms with E-state index in [9.17, 15) is 4.79 Å². The largest absolute Gasteiger partial charge is 0.482 e. The van der Waals surface area contributed by atoms with Gasteiger partial charge in [-0.2, -0.15) is 0 Å². The van der Waals surface area contributed by atoms with Gasteiger partial charge in [-0.05, 0) is 55.3 Å². The van der Waals surface area contributed by atoms with Gasteiger partial charge in [0.1, 0.15) is 23.8 Å². The molecule has 0 radical (unpaired) electrons. The van der Waals surface area contributed by atoms with E-state index in [0.717, 1.165) is 16.7 Å². The van der Waals surface area contributed by atoms with Crippen molar-refractivity contribution in [2.45, 2.75) is 20.5 Å². The molecule has 0 amide bonds. The van der Waals surface area contributed by atoms with E-state index in [1.165, 1.54) is 0 Å². The van der Waals surface area contributed by atoms with Crippen LogP contribution in [0.15, 0.2) is 59.5 Å². The number of carboxylic acids is 1. The molecule has 0 bridgehead atoms. The van der Waals surface area contributed by atoms with Gasteiger partial charge >= 0.3 is 5.97 Å². The van der Waals surface area contributed by atoms with Gasteiger partial charge in [-0.3, -0.25) is 10.3 Å². The predicted molar refractivity (Wildman–Crippen MR) is 108 cm³/mol. The van der Waals surface area contributed by atoms with Crippen LogP contribution in [-0.4, -0.2) is 22.7 Å². The minimum absolute atomic E-state index is 0.208. The second-order valence-electron chi connectivity index (χ2n) is 6.42. The van der Waals surface area contributed by atoms with Gasteiger partial charge in [0.25, 0.3) is 0 Å². The Labute approximate surface area is 168 Å². The van der Waals surface area contributed by atoms with Gasteiger partial charge in [0.05, 0.1) is 5.70 Å². The van der Waals surface area contributed by atoms with Crippen molar-refractivity contribution in [3.8, 4) is 17.2 Å². The van der Waals surface area contributed by atoms with Gasteiger partial charge in [0.2, 0.25) is 5.89 Å². The molecule has 29 heavy (non-hydrogen) atoms. The first-order chi connectivity index (χ1) is 13.9. The smallest absolute Gasteiger partial charge is 0.341 e. The quantitative estimate of drug-likeness (QED) is 0.527. The van der Waals surface area contributed by atoms with E-state index in [0.29, 0.717) is 28.8 Å². The minimum atomic E-state index is -1.02. The van der Waals surface area contributed by atoms with E-state index < -0.39 is 5.97 Å². The number of hydrogen-bond acceptors (Lipinski definition) is 6. The van der Waals surface area contributed by atoms with Crippen LogP contribution >= 0.6 is 0 Å². The highest BCUT2D eigenvalue weighted by Gasteiger charge is 2.12. The number of aliphatic carboxylic acids is 1. The third-order valence-corrected chi connectivity index (χ3v) is 4.19. The highest BCUT2D eigenvalue weighted by atomic mass is 16.6. The SMILES string of the molecule is C=C(NOCc1nc(-c2ccccc2)oc1C)c1ccc(OCC(=O)O)c(C)c1. The summed E-state index contributed by atoms with van der Waals surface area (Å²) in [4.78, 5) is 20.6. The molecular formula is C22H22N2O5. The van der Waals surface area contributed by atoms with Crippen LogP contribution in [0.4, 0.5) is 0 Å². The summed E-state index contributed by atoms with van der Waals surface area (Å²) in [6, 6.07) is 15.0. The van der Waals surface area contributed by atoms with Crippen LogP contribution < -0.4 is 10.2 Å². The lowest BCUT2D eigenvalue weighted by molar-refractivity contribution is -0.139. The van der Waals surface area contributed by atoms with E-state index in [-0.39, 0.29) is 13.2 Å². The van der Waals surface area contributed by atoms with Crippen molar-refractivity contribution >= 4 is 11.7 Å². The molecule has 1 aromatic heterocycles. The first kappa shape index (κ1) is 20.2. The van der Waals surface area contributed by atoms with Gasteiger partial charge in [-0.1, -0.05) is 24.8 Å². The Balaban J connectivity index is 1.57. The van der Waals surface area contributed by atoms with Crippen LogP contribution in [0.1, 0.15) is 22.6 Å². The molecule has 0 atom stereocenters. The van der Waals surface area contributed by atoms with E-state index in [4.69, 9.17) is 19.1 Å². The number of aromatic nitrogens is 1. The number of nitrogens with one attached hydrogen (secondary N) is 1. The first-order valence-corrected chi connectivity index (χ1v) is 8.98. The number of aryl methyl sites for hydroxylation is 2. The molecular weight excluding hydrogens is 372 g/mol. The third-order valence-electron chi connectivity index (χ3n) is 4.19. The maximum absolute atomic E-state index is 10.6. The number of ether oxygens (including phenoxy) is 1. The first-order valence-electron chi connectivity index (χ1n) is 8.98.